The summed E-state index contributed by atoms with van der Waals surface area (Å²) in [4.78, 5) is 62.1. The Labute approximate surface area is 326 Å². The maximum absolute atomic E-state index is 13.7. The van der Waals surface area contributed by atoms with Crippen LogP contribution in [0.5, 0.6) is 0 Å². The molecule has 1 fully saturated rings. The Morgan fingerprint density at radius 3 is 2.53 bits per heavy atom. The maximum Gasteiger partial charge on any atom is 0.264 e. The molecular formula is C39H42ClN9O5S. The van der Waals surface area contributed by atoms with Crippen LogP contribution in [0.4, 0.5) is 5.69 Å². The van der Waals surface area contributed by atoms with Gasteiger partial charge in [0.2, 0.25) is 17.7 Å². The Hall–Kier alpha value is -5.25. The molecule has 0 aliphatic carbocycles. The van der Waals surface area contributed by atoms with Gasteiger partial charge in [-0.05, 0) is 76.8 Å². The lowest BCUT2D eigenvalue weighted by Gasteiger charge is -2.24. The molecule has 3 N–H and O–H groups in total. The van der Waals surface area contributed by atoms with Gasteiger partial charge in [0.1, 0.15) is 28.7 Å². The predicted octanol–water partition coefficient (Wildman–Crippen LogP) is 5.21. The number of aromatic nitrogens is 5. The molecule has 14 nitrogen and oxygen atoms in total. The molecule has 2 aliphatic rings. The number of imide groups is 1. The summed E-state index contributed by atoms with van der Waals surface area (Å²) in [5.74, 6) is 0.799. The van der Waals surface area contributed by atoms with Gasteiger partial charge in [0.25, 0.3) is 5.56 Å². The van der Waals surface area contributed by atoms with Crippen LogP contribution in [0.1, 0.15) is 83.2 Å². The van der Waals surface area contributed by atoms with Crippen molar-refractivity contribution in [1.82, 2.24) is 34.9 Å². The highest BCUT2D eigenvalue weighted by atomic mass is 35.5. The summed E-state index contributed by atoms with van der Waals surface area (Å²) in [6.07, 6.45) is 1.81. The molecule has 0 saturated carbocycles. The van der Waals surface area contributed by atoms with Crippen molar-refractivity contribution in [1.29, 1.82) is 0 Å². The number of hydrogen-bond acceptors (Lipinski definition) is 11. The fourth-order valence-corrected chi connectivity index (χ4v) is 8.42. The molecule has 7 rings (SSSR count). The summed E-state index contributed by atoms with van der Waals surface area (Å²) in [5, 5.41) is 19.5. The minimum atomic E-state index is -0.791. The van der Waals surface area contributed by atoms with Crippen molar-refractivity contribution in [3.05, 3.63) is 96.9 Å². The largest absolute Gasteiger partial charge is 0.384 e. The molecule has 2 aliphatic heterocycles. The summed E-state index contributed by atoms with van der Waals surface area (Å²) >= 11 is 7.89. The number of carbonyl (C=O) groups excluding carboxylic acids is 3. The molecule has 16 heteroatoms. The van der Waals surface area contributed by atoms with E-state index >= 15 is 0 Å². The topological polar surface area (TPSA) is 174 Å². The molecule has 0 bridgehead atoms. The highest BCUT2D eigenvalue weighted by Crippen LogP contribution is 2.39. The number of aliphatic imine (C=N–C) groups is 1. The third-order valence-corrected chi connectivity index (χ3v) is 11.4. The highest BCUT2D eigenvalue weighted by Gasteiger charge is 2.33. The van der Waals surface area contributed by atoms with E-state index in [1.165, 1.54) is 9.44 Å². The Bertz CT molecular complexity index is 2380. The summed E-state index contributed by atoms with van der Waals surface area (Å²) < 4.78 is 9.25. The van der Waals surface area contributed by atoms with E-state index < -0.39 is 18.0 Å². The second-order valence-electron chi connectivity index (χ2n) is 13.7. The molecular weight excluding hydrogens is 742 g/mol. The van der Waals surface area contributed by atoms with E-state index in [2.05, 4.69) is 45.0 Å². The van der Waals surface area contributed by atoms with Gasteiger partial charge in [-0.25, -0.2) is 4.98 Å². The van der Waals surface area contributed by atoms with E-state index in [4.69, 9.17) is 21.3 Å². The number of anilines is 1. The SMILES string of the molecule is Cc1sc2c(c1C)C(c1ccc(Cl)cc1)=N[C@@H](CC(=O)NCCCOCCCNc1cccc3nc(C)n(C4CCC(=O)NC4=O)c(=O)c13)c1nnc(C)n1-2. The molecule has 3 amide bonds. The first kappa shape index (κ1) is 38.0. The van der Waals surface area contributed by atoms with Gasteiger partial charge in [-0.2, -0.15) is 0 Å². The number of nitrogens with zero attached hydrogens (tertiary/aromatic N) is 6. The summed E-state index contributed by atoms with van der Waals surface area (Å²) in [5.41, 5.74) is 4.68. The number of rotatable bonds is 13. The quantitative estimate of drug-likeness (QED) is 0.107. The van der Waals surface area contributed by atoms with Crippen LogP contribution in [-0.4, -0.2) is 74.1 Å². The Balaban J connectivity index is 0.913. The molecule has 1 unspecified atom stereocenters. The fourth-order valence-electron chi connectivity index (χ4n) is 7.08. The number of hydrogen-bond donors (Lipinski definition) is 3. The maximum atomic E-state index is 13.7. The predicted molar refractivity (Wildman–Crippen MR) is 212 cm³/mol. The van der Waals surface area contributed by atoms with Crippen LogP contribution in [0.25, 0.3) is 15.9 Å². The number of halogens is 1. The number of ether oxygens (including phenoxy) is 1. The number of thiophene rings is 1. The number of piperidine rings is 1. The second-order valence-corrected chi connectivity index (χ2v) is 15.3. The van der Waals surface area contributed by atoms with Gasteiger partial charge < -0.3 is 15.4 Å². The third-order valence-electron chi connectivity index (χ3n) is 9.93. The van der Waals surface area contributed by atoms with Gasteiger partial charge in [-0.15, -0.1) is 21.5 Å². The van der Waals surface area contributed by atoms with Crippen molar-refractivity contribution in [3.63, 3.8) is 0 Å². The van der Waals surface area contributed by atoms with Crippen LogP contribution in [0, 0.1) is 27.7 Å². The van der Waals surface area contributed by atoms with E-state index in [1.807, 2.05) is 47.9 Å². The monoisotopic (exact) mass is 783 g/mol. The van der Waals surface area contributed by atoms with E-state index in [0.717, 1.165) is 33.2 Å². The van der Waals surface area contributed by atoms with E-state index in [-0.39, 0.29) is 36.6 Å². The lowest BCUT2D eigenvalue weighted by molar-refractivity contribution is -0.135. The van der Waals surface area contributed by atoms with Crippen LogP contribution >= 0.6 is 22.9 Å². The molecule has 3 aromatic heterocycles. The van der Waals surface area contributed by atoms with Crippen molar-refractivity contribution in [2.75, 3.05) is 31.6 Å². The smallest absolute Gasteiger partial charge is 0.264 e. The van der Waals surface area contributed by atoms with E-state index in [1.54, 1.807) is 24.3 Å². The number of aryl methyl sites for hydroxylation is 3. The summed E-state index contributed by atoms with van der Waals surface area (Å²) in [6, 6.07) is 11.7. The van der Waals surface area contributed by atoms with Crippen LogP contribution in [-0.2, 0) is 19.1 Å². The van der Waals surface area contributed by atoms with Crippen LogP contribution in [0.15, 0.2) is 52.3 Å². The van der Waals surface area contributed by atoms with Gasteiger partial charge in [0, 0.05) is 59.4 Å². The molecule has 0 spiro atoms. The average molecular weight is 784 g/mol. The fraction of sp³-hybridized carbons (Fsp3) is 0.385. The Kier molecular flexibility index (Phi) is 11.2. The second kappa shape index (κ2) is 16.2. The molecule has 0 radical (unpaired) electrons. The number of carbonyl (C=O) groups is 3. The first-order valence-corrected chi connectivity index (χ1v) is 19.5. The molecule has 1 saturated heterocycles. The van der Waals surface area contributed by atoms with E-state index in [0.29, 0.717) is 72.4 Å². The first-order valence-electron chi connectivity index (χ1n) is 18.3. The Morgan fingerprint density at radius 1 is 1.00 bits per heavy atom. The lowest BCUT2D eigenvalue weighted by atomic mass is 9.99. The van der Waals surface area contributed by atoms with Crippen LogP contribution < -0.4 is 21.5 Å². The van der Waals surface area contributed by atoms with Crippen LogP contribution in [0.2, 0.25) is 5.02 Å². The molecule has 2 atom stereocenters. The highest BCUT2D eigenvalue weighted by molar-refractivity contribution is 7.15. The van der Waals surface area contributed by atoms with Crippen molar-refractivity contribution in [3.8, 4) is 5.00 Å². The number of amides is 3. The molecule has 5 heterocycles. The van der Waals surface area contributed by atoms with Gasteiger partial charge in [0.05, 0.1) is 23.0 Å². The third kappa shape index (κ3) is 7.82. The van der Waals surface area contributed by atoms with Gasteiger partial charge in [-0.3, -0.25) is 38.6 Å². The van der Waals surface area contributed by atoms with Gasteiger partial charge >= 0.3 is 0 Å². The zero-order valence-corrected chi connectivity index (χ0v) is 32.6. The van der Waals surface area contributed by atoms with Crippen molar-refractivity contribution < 1.29 is 19.1 Å². The summed E-state index contributed by atoms with van der Waals surface area (Å²) in [6.45, 7) is 9.71. The number of nitrogens with one attached hydrogen (secondary N) is 3. The molecule has 55 heavy (non-hydrogen) atoms. The minimum Gasteiger partial charge on any atom is -0.384 e. The van der Waals surface area contributed by atoms with Gasteiger partial charge in [-0.1, -0.05) is 29.8 Å². The van der Waals surface area contributed by atoms with Gasteiger partial charge in [0.15, 0.2) is 5.82 Å². The zero-order valence-electron chi connectivity index (χ0n) is 31.1. The normalized spacial score (nSPS) is 16.6. The standard InChI is InChI=1S/C39H42ClN9O5S/c1-21-22(2)55-39-33(21)35(25-10-12-26(40)13-11-25)44-29(36-47-46-24(4)49(36)39)20-32(51)42-17-7-19-54-18-6-16-41-27-8-5-9-28-34(27)38(53)48(23(3)43-28)30-14-15-31(50)45-37(30)52/h5,8-13,29-30,41H,6-7,14-20H2,1-4H3,(H,42,51)(H,45,50,52)/t29-,30?/m0/s1. The number of benzene rings is 2. The van der Waals surface area contributed by atoms with Crippen LogP contribution in [0.3, 0.4) is 0 Å². The van der Waals surface area contributed by atoms with E-state index in [9.17, 15) is 19.2 Å². The minimum absolute atomic E-state index is 0.108. The first-order chi connectivity index (χ1) is 26.5. The zero-order chi connectivity index (χ0) is 38.8. The Morgan fingerprint density at radius 2 is 1.76 bits per heavy atom. The molecule has 286 valence electrons. The molecule has 5 aromatic rings. The van der Waals surface area contributed by atoms with Crippen molar-refractivity contribution in [2.24, 2.45) is 4.99 Å². The lowest BCUT2D eigenvalue weighted by Crippen LogP contribution is -2.45. The molecule has 2 aromatic carbocycles. The summed E-state index contributed by atoms with van der Waals surface area (Å²) in [7, 11) is 0. The number of fused-ring (bicyclic) bond motifs is 4. The average Bonchev–Trinajstić information content (AvgIpc) is 3.63. The van der Waals surface area contributed by atoms with Crippen molar-refractivity contribution in [2.45, 2.75) is 71.9 Å². The van der Waals surface area contributed by atoms with Crippen molar-refractivity contribution >= 4 is 63.0 Å².